The minimum absolute atomic E-state index is 0.103. The summed E-state index contributed by atoms with van der Waals surface area (Å²) in [6.45, 7) is -0.103. The number of aromatic nitrogens is 2. The Morgan fingerprint density at radius 1 is 1.35 bits per heavy atom. The summed E-state index contributed by atoms with van der Waals surface area (Å²) < 4.78 is 61.4. The van der Waals surface area contributed by atoms with Crippen molar-refractivity contribution in [1.29, 1.82) is 0 Å². The van der Waals surface area contributed by atoms with E-state index in [2.05, 4.69) is 15.3 Å². The van der Waals surface area contributed by atoms with Crippen LogP contribution in [0.5, 0.6) is 0 Å². The smallest absolute Gasteiger partial charge is 0.369 e. The van der Waals surface area contributed by atoms with E-state index in [9.17, 15) is 21.6 Å². The van der Waals surface area contributed by atoms with Crippen LogP contribution in [0.3, 0.4) is 0 Å². The number of anilines is 2. The van der Waals surface area contributed by atoms with E-state index in [0.717, 1.165) is 4.31 Å². The summed E-state index contributed by atoms with van der Waals surface area (Å²) in [5.41, 5.74) is 3.98. The van der Waals surface area contributed by atoms with Gasteiger partial charge in [-0.05, 0) is 0 Å². The number of halogens is 3. The Kier molecular flexibility index (Phi) is 4.76. The molecule has 0 atom stereocenters. The molecule has 0 bridgehead atoms. The van der Waals surface area contributed by atoms with Gasteiger partial charge in [0.25, 0.3) is 0 Å². The summed E-state index contributed by atoms with van der Waals surface area (Å²) in [5, 5.41) is 2.47. The zero-order valence-electron chi connectivity index (χ0n) is 10.8. The first-order chi connectivity index (χ1) is 9.02. The van der Waals surface area contributed by atoms with E-state index in [1.54, 1.807) is 0 Å². The van der Waals surface area contributed by atoms with Crippen LogP contribution in [0.15, 0.2) is 6.07 Å². The highest BCUT2D eigenvalue weighted by Crippen LogP contribution is 2.29. The van der Waals surface area contributed by atoms with Gasteiger partial charge in [-0.1, -0.05) is 0 Å². The monoisotopic (exact) mass is 313 g/mol. The summed E-state index contributed by atoms with van der Waals surface area (Å²) in [6.07, 6.45) is -4.65. The molecule has 11 heteroatoms. The van der Waals surface area contributed by atoms with Crippen LogP contribution in [0.2, 0.25) is 0 Å². The van der Waals surface area contributed by atoms with Gasteiger partial charge in [0.1, 0.15) is 5.82 Å². The Hall–Kier alpha value is -1.62. The van der Waals surface area contributed by atoms with Crippen LogP contribution < -0.4 is 11.1 Å². The molecule has 7 nitrogen and oxygen atoms in total. The molecule has 0 aliphatic rings. The fourth-order valence-corrected chi connectivity index (χ4v) is 1.92. The normalized spacial score (nSPS) is 12.7. The molecule has 0 aliphatic heterocycles. The Labute approximate surface area is 114 Å². The average Bonchev–Trinajstić information content (AvgIpc) is 2.26. The van der Waals surface area contributed by atoms with E-state index in [-0.39, 0.29) is 18.1 Å². The minimum Gasteiger partial charge on any atom is -0.369 e. The molecule has 1 aromatic rings. The molecule has 0 saturated heterocycles. The van der Waals surface area contributed by atoms with Crippen LogP contribution in [-0.4, -0.2) is 49.1 Å². The first kappa shape index (κ1) is 16.4. The van der Waals surface area contributed by atoms with Crippen molar-refractivity contribution in [3.05, 3.63) is 11.8 Å². The topological polar surface area (TPSA) is 101 Å². The van der Waals surface area contributed by atoms with Crippen molar-refractivity contribution in [1.82, 2.24) is 14.3 Å². The van der Waals surface area contributed by atoms with Gasteiger partial charge in [-0.25, -0.2) is 17.7 Å². The molecule has 0 unspecified atom stereocenters. The van der Waals surface area contributed by atoms with Gasteiger partial charge in [0.2, 0.25) is 16.0 Å². The highest BCUT2D eigenvalue weighted by atomic mass is 32.2. The second-order valence-electron chi connectivity index (χ2n) is 4.02. The van der Waals surface area contributed by atoms with Gasteiger partial charge >= 0.3 is 6.18 Å². The van der Waals surface area contributed by atoms with Gasteiger partial charge in [-0.3, -0.25) is 0 Å². The predicted molar refractivity (Wildman–Crippen MR) is 67.4 cm³/mol. The fraction of sp³-hybridized carbons (Fsp3) is 0.556. The largest absolute Gasteiger partial charge is 0.433 e. The second-order valence-corrected chi connectivity index (χ2v) is 6.32. The summed E-state index contributed by atoms with van der Waals surface area (Å²) in [6, 6.07) is 0.665. The Morgan fingerprint density at radius 2 is 1.95 bits per heavy atom. The lowest BCUT2D eigenvalue weighted by atomic mass is 10.4. The van der Waals surface area contributed by atoms with E-state index in [1.807, 2.05) is 0 Å². The Bertz CT molecular complexity index is 573. The molecular formula is C9H14F3N5O2S. The number of nitrogen functional groups attached to an aromatic ring is 1. The Balaban J connectivity index is 2.77. The Morgan fingerprint density at radius 3 is 2.45 bits per heavy atom. The van der Waals surface area contributed by atoms with E-state index in [1.165, 1.54) is 14.1 Å². The number of alkyl halides is 3. The highest BCUT2D eigenvalue weighted by Gasteiger charge is 2.33. The maximum absolute atomic E-state index is 12.5. The van der Waals surface area contributed by atoms with Crippen LogP contribution in [0.1, 0.15) is 5.69 Å². The van der Waals surface area contributed by atoms with E-state index >= 15 is 0 Å². The van der Waals surface area contributed by atoms with Crippen molar-refractivity contribution in [3.63, 3.8) is 0 Å². The number of hydrogen-bond acceptors (Lipinski definition) is 6. The van der Waals surface area contributed by atoms with Crippen molar-refractivity contribution in [2.24, 2.45) is 0 Å². The SMILES string of the molecule is CN(C)S(=O)(=O)CCNc1cc(C(F)(F)F)nc(N)n1. The zero-order chi connectivity index (χ0) is 15.6. The molecular weight excluding hydrogens is 299 g/mol. The number of nitrogens with two attached hydrogens (primary N) is 1. The quantitative estimate of drug-likeness (QED) is 0.815. The molecule has 1 heterocycles. The molecule has 0 aliphatic carbocycles. The van der Waals surface area contributed by atoms with Gasteiger partial charge in [-0.15, -0.1) is 0 Å². The molecule has 0 aromatic carbocycles. The number of nitrogens with one attached hydrogen (secondary N) is 1. The van der Waals surface area contributed by atoms with Gasteiger partial charge in [0, 0.05) is 26.7 Å². The van der Waals surface area contributed by atoms with Gasteiger partial charge < -0.3 is 11.1 Å². The third-order valence-corrected chi connectivity index (χ3v) is 4.09. The lowest BCUT2D eigenvalue weighted by Gasteiger charge is -2.13. The fourth-order valence-electron chi connectivity index (χ4n) is 1.19. The molecule has 20 heavy (non-hydrogen) atoms. The van der Waals surface area contributed by atoms with Crippen LogP contribution in [-0.2, 0) is 16.2 Å². The molecule has 0 fully saturated rings. The summed E-state index contributed by atoms with van der Waals surface area (Å²) in [4.78, 5) is 6.62. The van der Waals surface area contributed by atoms with Crippen molar-refractivity contribution in [3.8, 4) is 0 Å². The van der Waals surface area contributed by atoms with E-state index in [0.29, 0.717) is 6.07 Å². The predicted octanol–water partition coefficient (Wildman–Crippen LogP) is 0.381. The number of rotatable bonds is 5. The molecule has 0 spiro atoms. The molecule has 1 aromatic heterocycles. The average molecular weight is 313 g/mol. The van der Waals surface area contributed by atoms with Gasteiger partial charge in [0.15, 0.2) is 5.69 Å². The van der Waals surface area contributed by atoms with Crippen LogP contribution in [0.4, 0.5) is 24.9 Å². The molecule has 0 radical (unpaired) electrons. The number of nitrogens with zero attached hydrogens (tertiary/aromatic N) is 3. The molecule has 0 saturated carbocycles. The summed E-state index contributed by atoms with van der Waals surface area (Å²) >= 11 is 0. The third kappa shape index (κ3) is 4.49. The van der Waals surface area contributed by atoms with Crippen molar-refractivity contribution >= 4 is 21.8 Å². The maximum Gasteiger partial charge on any atom is 0.433 e. The van der Waals surface area contributed by atoms with Crippen molar-refractivity contribution in [2.45, 2.75) is 6.18 Å². The molecule has 1 rings (SSSR count). The van der Waals surface area contributed by atoms with Gasteiger partial charge in [-0.2, -0.15) is 18.2 Å². The second kappa shape index (κ2) is 5.79. The van der Waals surface area contributed by atoms with Crippen LogP contribution >= 0.6 is 0 Å². The molecule has 0 amide bonds. The third-order valence-electron chi connectivity index (χ3n) is 2.26. The standard InChI is InChI=1S/C9H14F3N5O2S/c1-17(2)20(18,19)4-3-14-7-5-6(9(10,11)12)15-8(13)16-7/h5H,3-4H2,1-2H3,(H3,13,14,15,16). The van der Waals surface area contributed by atoms with Gasteiger partial charge in [0.05, 0.1) is 5.75 Å². The first-order valence-corrected chi connectivity index (χ1v) is 6.99. The lowest BCUT2D eigenvalue weighted by molar-refractivity contribution is -0.141. The van der Waals surface area contributed by atoms with Crippen molar-refractivity contribution in [2.75, 3.05) is 37.4 Å². The minimum atomic E-state index is -4.65. The molecule has 3 N–H and O–H groups in total. The van der Waals surface area contributed by atoms with E-state index < -0.39 is 27.8 Å². The number of sulfonamides is 1. The maximum atomic E-state index is 12.5. The highest BCUT2D eigenvalue weighted by molar-refractivity contribution is 7.89. The summed E-state index contributed by atoms with van der Waals surface area (Å²) in [5.74, 6) is -1.01. The van der Waals surface area contributed by atoms with Crippen molar-refractivity contribution < 1.29 is 21.6 Å². The summed E-state index contributed by atoms with van der Waals surface area (Å²) in [7, 11) is -0.721. The zero-order valence-corrected chi connectivity index (χ0v) is 11.6. The van der Waals surface area contributed by atoms with E-state index in [4.69, 9.17) is 5.73 Å². The van der Waals surface area contributed by atoms with Crippen LogP contribution in [0, 0.1) is 0 Å². The number of hydrogen-bond donors (Lipinski definition) is 2. The first-order valence-electron chi connectivity index (χ1n) is 5.38. The van der Waals surface area contributed by atoms with Crippen LogP contribution in [0.25, 0.3) is 0 Å². The molecule has 114 valence electrons. The lowest BCUT2D eigenvalue weighted by Crippen LogP contribution is -2.28.